The molecule has 3 nitrogen and oxygen atoms in total. The standard InChI is InChI=1S/C20H40N3/c1-3-11-19(12-4-1)22-17-9-7-15-21-16-8-10-18-23-20-13-5-2-6-14-20/h19-20,22-23H,1-18H2. The summed E-state index contributed by atoms with van der Waals surface area (Å²) in [4.78, 5) is 0. The van der Waals surface area contributed by atoms with Crippen LogP contribution >= 0.6 is 0 Å². The second-order valence-corrected chi connectivity index (χ2v) is 7.66. The summed E-state index contributed by atoms with van der Waals surface area (Å²) in [5.41, 5.74) is 0. The maximum Gasteiger partial charge on any atom is 0.0133 e. The van der Waals surface area contributed by atoms with Crippen molar-refractivity contribution in [3.63, 3.8) is 0 Å². The molecule has 0 amide bonds. The van der Waals surface area contributed by atoms with Gasteiger partial charge in [-0.15, -0.1) is 0 Å². The fraction of sp³-hybridized carbons (Fsp3) is 1.00. The molecule has 0 spiro atoms. The zero-order chi connectivity index (χ0) is 16.0. The first-order valence-electron chi connectivity index (χ1n) is 10.5. The second kappa shape index (κ2) is 13.2. The first-order valence-corrected chi connectivity index (χ1v) is 10.5. The molecule has 135 valence electrons. The van der Waals surface area contributed by atoms with Crippen LogP contribution in [0.4, 0.5) is 0 Å². The van der Waals surface area contributed by atoms with E-state index in [-0.39, 0.29) is 0 Å². The minimum absolute atomic E-state index is 0.817. The summed E-state index contributed by atoms with van der Waals surface area (Å²) in [7, 11) is 0. The first kappa shape index (κ1) is 19.2. The van der Waals surface area contributed by atoms with Crippen molar-refractivity contribution < 1.29 is 0 Å². The molecule has 1 radical (unpaired) electrons. The average molecular weight is 323 g/mol. The Hall–Kier alpha value is -0.120. The SMILES string of the molecule is C1CCC(NCCCC[N]CCCCNC2CCCCC2)CC1. The molecule has 3 heteroatoms. The van der Waals surface area contributed by atoms with E-state index in [1.54, 1.807) is 0 Å². The molecule has 2 fully saturated rings. The van der Waals surface area contributed by atoms with Crippen molar-refractivity contribution in [2.24, 2.45) is 0 Å². The Balaban J connectivity index is 1.26. The van der Waals surface area contributed by atoms with Gasteiger partial charge in [0.2, 0.25) is 0 Å². The van der Waals surface area contributed by atoms with Crippen LogP contribution in [0.25, 0.3) is 0 Å². The molecule has 0 aromatic rings. The summed E-state index contributed by atoms with van der Waals surface area (Å²) < 4.78 is 0. The Morgan fingerprint density at radius 3 is 1.43 bits per heavy atom. The molecule has 2 saturated carbocycles. The third kappa shape index (κ3) is 9.69. The first-order chi connectivity index (χ1) is 11.4. The van der Waals surface area contributed by atoms with E-state index < -0.39 is 0 Å². The predicted molar refractivity (Wildman–Crippen MR) is 100 cm³/mol. The molecular weight excluding hydrogens is 282 g/mol. The summed E-state index contributed by atoms with van der Waals surface area (Å²) in [6.07, 6.45) is 19.4. The second-order valence-electron chi connectivity index (χ2n) is 7.66. The van der Waals surface area contributed by atoms with E-state index in [0.717, 1.165) is 25.2 Å². The third-order valence-corrected chi connectivity index (χ3v) is 5.56. The molecule has 0 aromatic heterocycles. The molecular formula is C20H40N3. The monoisotopic (exact) mass is 322 g/mol. The smallest absolute Gasteiger partial charge is 0.0133 e. The predicted octanol–water partition coefficient (Wildman–Crippen LogP) is 4.00. The minimum atomic E-state index is 0.817. The van der Waals surface area contributed by atoms with E-state index in [4.69, 9.17) is 0 Å². The maximum absolute atomic E-state index is 4.68. The molecule has 0 unspecified atom stereocenters. The number of rotatable bonds is 12. The topological polar surface area (TPSA) is 38.2 Å². The van der Waals surface area contributed by atoms with Gasteiger partial charge < -0.3 is 10.6 Å². The lowest BCUT2D eigenvalue weighted by atomic mass is 9.95. The van der Waals surface area contributed by atoms with Crippen molar-refractivity contribution in [2.45, 2.75) is 102 Å². The van der Waals surface area contributed by atoms with Gasteiger partial charge in [0.25, 0.3) is 0 Å². The number of nitrogens with zero attached hydrogens (tertiary/aromatic N) is 1. The van der Waals surface area contributed by atoms with Crippen LogP contribution in [0.1, 0.15) is 89.9 Å². The van der Waals surface area contributed by atoms with E-state index in [1.807, 2.05) is 0 Å². The van der Waals surface area contributed by atoms with Gasteiger partial charge in [-0.2, -0.15) is 0 Å². The lowest BCUT2D eigenvalue weighted by molar-refractivity contribution is 0.368. The zero-order valence-electron chi connectivity index (χ0n) is 15.3. The Morgan fingerprint density at radius 1 is 0.565 bits per heavy atom. The van der Waals surface area contributed by atoms with Crippen molar-refractivity contribution in [1.29, 1.82) is 0 Å². The molecule has 2 aliphatic rings. The Bertz CT molecular complexity index is 232. The quantitative estimate of drug-likeness (QED) is 0.533. The van der Waals surface area contributed by atoms with Crippen LogP contribution in [-0.4, -0.2) is 38.3 Å². The van der Waals surface area contributed by atoms with Crippen LogP contribution in [0.3, 0.4) is 0 Å². The van der Waals surface area contributed by atoms with Crippen LogP contribution in [0.2, 0.25) is 0 Å². The van der Waals surface area contributed by atoms with Gasteiger partial charge in [-0.3, -0.25) is 0 Å². The van der Waals surface area contributed by atoms with Gasteiger partial charge in [0, 0.05) is 25.2 Å². The summed E-state index contributed by atoms with van der Waals surface area (Å²) in [6, 6.07) is 1.63. The summed E-state index contributed by atoms with van der Waals surface area (Å²) in [5.74, 6) is 0. The van der Waals surface area contributed by atoms with Gasteiger partial charge >= 0.3 is 0 Å². The molecule has 0 bridgehead atoms. The minimum Gasteiger partial charge on any atom is -0.314 e. The van der Waals surface area contributed by atoms with Gasteiger partial charge in [-0.1, -0.05) is 38.5 Å². The van der Waals surface area contributed by atoms with Crippen LogP contribution in [-0.2, 0) is 0 Å². The molecule has 2 rings (SSSR count). The Kier molecular flexibility index (Phi) is 11.0. The van der Waals surface area contributed by atoms with Gasteiger partial charge in [-0.25, -0.2) is 5.32 Å². The van der Waals surface area contributed by atoms with E-state index >= 15 is 0 Å². The molecule has 0 aromatic carbocycles. The highest BCUT2D eigenvalue weighted by atomic mass is 14.9. The highest BCUT2D eigenvalue weighted by Gasteiger charge is 2.12. The van der Waals surface area contributed by atoms with Crippen molar-refractivity contribution >= 4 is 0 Å². The van der Waals surface area contributed by atoms with E-state index in [1.165, 1.54) is 103 Å². The molecule has 0 aliphatic heterocycles. The Morgan fingerprint density at radius 2 is 1.00 bits per heavy atom. The fourth-order valence-electron chi connectivity index (χ4n) is 4.03. The summed E-state index contributed by atoms with van der Waals surface area (Å²) in [5, 5.41) is 12.1. The van der Waals surface area contributed by atoms with E-state index in [9.17, 15) is 0 Å². The number of hydrogen-bond donors (Lipinski definition) is 2. The fourth-order valence-corrected chi connectivity index (χ4v) is 4.03. The van der Waals surface area contributed by atoms with Crippen LogP contribution in [0.15, 0.2) is 0 Å². The lowest BCUT2D eigenvalue weighted by Gasteiger charge is -2.22. The van der Waals surface area contributed by atoms with Crippen LogP contribution in [0.5, 0.6) is 0 Å². The van der Waals surface area contributed by atoms with E-state index in [2.05, 4.69) is 16.0 Å². The number of hydrogen-bond acceptors (Lipinski definition) is 2. The van der Waals surface area contributed by atoms with Gasteiger partial charge in [-0.05, 0) is 64.5 Å². The third-order valence-electron chi connectivity index (χ3n) is 5.56. The Labute approximate surface area is 144 Å². The van der Waals surface area contributed by atoms with Crippen LogP contribution in [0, 0.1) is 0 Å². The maximum atomic E-state index is 4.68. The normalized spacial score (nSPS) is 20.9. The largest absolute Gasteiger partial charge is 0.314 e. The van der Waals surface area contributed by atoms with Crippen molar-refractivity contribution in [3.05, 3.63) is 0 Å². The number of unbranched alkanes of at least 4 members (excludes halogenated alkanes) is 2. The van der Waals surface area contributed by atoms with Gasteiger partial charge in [0.05, 0.1) is 0 Å². The van der Waals surface area contributed by atoms with Crippen molar-refractivity contribution in [3.8, 4) is 0 Å². The highest BCUT2D eigenvalue weighted by Crippen LogP contribution is 2.17. The van der Waals surface area contributed by atoms with E-state index in [0.29, 0.717) is 0 Å². The van der Waals surface area contributed by atoms with Crippen LogP contribution < -0.4 is 16.0 Å². The molecule has 2 aliphatic carbocycles. The van der Waals surface area contributed by atoms with Gasteiger partial charge in [0.15, 0.2) is 0 Å². The lowest BCUT2D eigenvalue weighted by Crippen LogP contribution is -2.32. The summed E-state index contributed by atoms with van der Waals surface area (Å²) >= 11 is 0. The molecule has 23 heavy (non-hydrogen) atoms. The molecule has 0 atom stereocenters. The van der Waals surface area contributed by atoms with Crippen molar-refractivity contribution in [1.82, 2.24) is 16.0 Å². The average Bonchev–Trinajstić information content (AvgIpc) is 2.61. The number of nitrogens with one attached hydrogen (secondary N) is 2. The molecule has 2 N–H and O–H groups in total. The van der Waals surface area contributed by atoms with Crippen molar-refractivity contribution in [2.75, 3.05) is 26.2 Å². The zero-order valence-corrected chi connectivity index (χ0v) is 15.3. The molecule has 0 heterocycles. The molecule has 0 saturated heterocycles. The van der Waals surface area contributed by atoms with Gasteiger partial charge in [0.1, 0.15) is 0 Å². The summed E-state index contributed by atoms with van der Waals surface area (Å²) in [6.45, 7) is 4.54. The highest BCUT2D eigenvalue weighted by molar-refractivity contribution is 4.72.